The summed E-state index contributed by atoms with van der Waals surface area (Å²) in [6.07, 6.45) is 0. The van der Waals surface area contributed by atoms with Crippen LogP contribution in [0.2, 0.25) is 0 Å². The van der Waals surface area contributed by atoms with E-state index in [-0.39, 0.29) is 6.03 Å². The van der Waals surface area contributed by atoms with E-state index in [4.69, 9.17) is 4.74 Å². The van der Waals surface area contributed by atoms with Crippen molar-refractivity contribution in [3.05, 3.63) is 59.7 Å². The number of benzene rings is 2. The average molecular weight is 363 g/mol. The average Bonchev–Trinajstić information content (AvgIpc) is 3.08. The maximum absolute atomic E-state index is 12.8. The predicted octanol–water partition coefficient (Wildman–Crippen LogP) is 2.83. The Balaban J connectivity index is 1.33. The maximum Gasteiger partial charge on any atom is 0.320 e. The maximum atomic E-state index is 12.8. The van der Waals surface area contributed by atoms with Crippen molar-refractivity contribution in [2.45, 2.75) is 6.04 Å². The summed E-state index contributed by atoms with van der Waals surface area (Å²) in [6, 6.07) is 18.0. The number of ether oxygens (including phenoxy) is 1. The first-order valence-electron chi connectivity index (χ1n) is 9.87. The van der Waals surface area contributed by atoms with Crippen LogP contribution in [0, 0.1) is 0 Å². The summed E-state index contributed by atoms with van der Waals surface area (Å²) in [6.45, 7) is 6.12. The van der Waals surface area contributed by atoms with Gasteiger partial charge in [-0.25, -0.2) is 4.79 Å². The second kappa shape index (κ2) is 6.98. The van der Waals surface area contributed by atoms with E-state index in [9.17, 15) is 4.79 Å². The monoisotopic (exact) mass is 363 g/mol. The topological polar surface area (TPSA) is 36.0 Å². The zero-order valence-corrected chi connectivity index (χ0v) is 15.5. The van der Waals surface area contributed by atoms with Crippen molar-refractivity contribution < 1.29 is 9.53 Å². The number of fused-ring (bicyclic) bond motifs is 3. The van der Waals surface area contributed by atoms with E-state index in [1.54, 1.807) is 0 Å². The molecule has 0 saturated carbocycles. The quantitative estimate of drug-likeness (QED) is 0.782. The number of hydrogen-bond acceptors (Lipinski definition) is 3. The van der Waals surface area contributed by atoms with Gasteiger partial charge in [-0.05, 0) is 22.3 Å². The second-order valence-corrected chi connectivity index (χ2v) is 7.48. The van der Waals surface area contributed by atoms with Gasteiger partial charge in [0.1, 0.15) is 0 Å². The molecular weight excluding hydrogens is 338 g/mol. The smallest absolute Gasteiger partial charge is 0.320 e. The van der Waals surface area contributed by atoms with Crippen molar-refractivity contribution in [3.63, 3.8) is 0 Å². The van der Waals surface area contributed by atoms with Gasteiger partial charge in [-0.2, -0.15) is 0 Å². The highest BCUT2D eigenvalue weighted by Gasteiger charge is 2.35. The molecule has 27 heavy (non-hydrogen) atoms. The minimum absolute atomic E-state index is 0.171. The Bertz CT molecular complexity index is 793. The lowest BCUT2D eigenvalue weighted by molar-refractivity contribution is 0.0360. The lowest BCUT2D eigenvalue weighted by Crippen LogP contribution is -2.55. The number of morpholine rings is 1. The molecule has 1 aliphatic carbocycles. The van der Waals surface area contributed by atoms with Crippen LogP contribution in [0.15, 0.2) is 48.5 Å². The number of nitrogens with zero attached hydrogens (tertiary/aromatic N) is 3. The van der Waals surface area contributed by atoms with Crippen LogP contribution < -0.4 is 0 Å². The lowest BCUT2D eigenvalue weighted by Gasteiger charge is -2.41. The highest BCUT2D eigenvalue weighted by Crippen LogP contribution is 2.46. The largest absolute Gasteiger partial charge is 0.378 e. The number of amides is 2. The van der Waals surface area contributed by atoms with Crippen LogP contribution in [0.4, 0.5) is 4.79 Å². The van der Waals surface area contributed by atoms with Gasteiger partial charge in [-0.15, -0.1) is 0 Å². The molecule has 0 aromatic heterocycles. The third-order valence-corrected chi connectivity index (χ3v) is 6.03. The van der Waals surface area contributed by atoms with Gasteiger partial charge in [0, 0.05) is 39.3 Å². The van der Waals surface area contributed by atoms with Gasteiger partial charge < -0.3 is 14.5 Å². The molecule has 0 radical (unpaired) electrons. The van der Waals surface area contributed by atoms with Gasteiger partial charge in [-0.3, -0.25) is 4.90 Å². The number of carbonyl (C=O) groups is 1. The Kier molecular flexibility index (Phi) is 4.34. The summed E-state index contributed by atoms with van der Waals surface area (Å²) >= 11 is 0. The van der Waals surface area contributed by atoms with Gasteiger partial charge in [-0.1, -0.05) is 48.5 Å². The first kappa shape index (κ1) is 16.8. The van der Waals surface area contributed by atoms with Gasteiger partial charge in [0.2, 0.25) is 0 Å². The molecule has 2 aromatic carbocycles. The van der Waals surface area contributed by atoms with E-state index >= 15 is 0 Å². The Morgan fingerprint density at radius 3 is 1.85 bits per heavy atom. The van der Waals surface area contributed by atoms with E-state index in [1.165, 1.54) is 22.3 Å². The lowest BCUT2D eigenvalue weighted by atomic mass is 10.0. The number of piperazine rings is 1. The number of hydrogen-bond donors (Lipinski definition) is 0. The molecule has 2 heterocycles. The first-order chi connectivity index (χ1) is 13.3. The van der Waals surface area contributed by atoms with Crippen LogP contribution >= 0.6 is 0 Å². The summed E-state index contributed by atoms with van der Waals surface area (Å²) in [5.41, 5.74) is 5.49. The van der Waals surface area contributed by atoms with Crippen molar-refractivity contribution in [2.75, 3.05) is 52.5 Å². The Morgan fingerprint density at radius 2 is 1.26 bits per heavy atom. The zero-order chi connectivity index (χ0) is 18.2. The molecule has 0 N–H and O–H groups in total. The van der Waals surface area contributed by atoms with Crippen molar-refractivity contribution in [3.8, 4) is 11.1 Å². The van der Waals surface area contributed by atoms with Crippen molar-refractivity contribution in [1.82, 2.24) is 14.7 Å². The molecule has 5 nitrogen and oxygen atoms in total. The summed E-state index contributed by atoms with van der Waals surface area (Å²) in [5, 5.41) is 0. The van der Waals surface area contributed by atoms with Crippen LogP contribution in [0.1, 0.15) is 17.2 Å². The Hall–Kier alpha value is -2.37. The van der Waals surface area contributed by atoms with E-state index in [0.29, 0.717) is 32.3 Å². The Labute approximate surface area is 160 Å². The van der Waals surface area contributed by atoms with Crippen LogP contribution in [-0.2, 0) is 4.74 Å². The molecule has 5 rings (SSSR count). The summed E-state index contributed by atoms with van der Waals surface area (Å²) in [5.74, 6) is 0. The molecule has 2 aromatic rings. The van der Waals surface area contributed by atoms with E-state index in [0.717, 1.165) is 26.2 Å². The third kappa shape index (κ3) is 2.91. The number of rotatable bonds is 1. The van der Waals surface area contributed by atoms with Gasteiger partial charge >= 0.3 is 6.03 Å². The molecule has 5 heteroatoms. The van der Waals surface area contributed by atoms with Crippen LogP contribution in [0.3, 0.4) is 0 Å². The molecule has 2 amide bonds. The highest BCUT2D eigenvalue weighted by atomic mass is 16.5. The van der Waals surface area contributed by atoms with Crippen molar-refractivity contribution >= 4 is 6.03 Å². The molecule has 0 unspecified atom stereocenters. The molecule has 0 spiro atoms. The molecule has 0 bridgehead atoms. The molecule has 2 aliphatic heterocycles. The van der Waals surface area contributed by atoms with Crippen LogP contribution in [-0.4, -0.2) is 73.2 Å². The number of urea groups is 1. The molecule has 0 atom stereocenters. The standard InChI is InChI=1S/C22H25N3O2/c26-22(25-13-15-27-16-14-25)24-11-9-23(10-12-24)21-19-7-3-1-5-17(19)18-6-2-4-8-20(18)21/h1-8,21H,9-16H2. The first-order valence-corrected chi connectivity index (χ1v) is 9.87. The van der Waals surface area contributed by atoms with Crippen LogP contribution in [0.5, 0.6) is 0 Å². The molecule has 140 valence electrons. The third-order valence-electron chi connectivity index (χ3n) is 6.03. The van der Waals surface area contributed by atoms with E-state index in [1.807, 2.05) is 9.80 Å². The predicted molar refractivity (Wildman–Crippen MR) is 105 cm³/mol. The van der Waals surface area contributed by atoms with Gasteiger partial charge in [0.25, 0.3) is 0 Å². The second-order valence-electron chi connectivity index (χ2n) is 7.48. The summed E-state index contributed by atoms with van der Waals surface area (Å²) < 4.78 is 5.37. The molecule has 3 aliphatic rings. The molecule has 2 saturated heterocycles. The van der Waals surface area contributed by atoms with Crippen molar-refractivity contribution in [2.24, 2.45) is 0 Å². The van der Waals surface area contributed by atoms with Gasteiger partial charge in [0.15, 0.2) is 0 Å². The minimum Gasteiger partial charge on any atom is -0.378 e. The minimum atomic E-state index is 0.171. The number of carbonyl (C=O) groups excluding carboxylic acids is 1. The fourth-order valence-electron chi connectivity index (χ4n) is 4.65. The zero-order valence-electron chi connectivity index (χ0n) is 15.5. The normalized spacial score (nSPS) is 20.4. The fraction of sp³-hybridized carbons (Fsp3) is 0.409. The Morgan fingerprint density at radius 1 is 0.741 bits per heavy atom. The van der Waals surface area contributed by atoms with Crippen molar-refractivity contribution in [1.29, 1.82) is 0 Å². The highest BCUT2D eigenvalue weighted by molar-refractivity contribution is 5.78. The molecular formula is C22H25N3O2. The fourth-order valence-corrected chi connectivity index (χ4v) is 4.65. The van der Waals surface area contributed by atoms with Gasteiger partial charge in [0.05, 0.1) is 19.3 Å². The summed E-state index contributed by atoms with van der Waals surface area (Å²) in [4.78, 5) is 19.2. The van der Waals surface area contributed by atoms with E-state index in [2.05, 4.69) is 53.4 Å². The SMILES string of the molecule is O=C(N1CCOCC1)N1CCN(C2c3ccccc3-c3ccccc32)CC1. The summed E-state index contributed by atoms with van der Waals surface area (Å²) in [7, 11) is 0. The van der Waals surface area contributed by atoms with Crippen LogP contribution in [0.25, 0.3) is 11.1 Å². The van der Waals surface area contributed by atoms with E-state index < -0.39 is 0 Å². The molecule has 2 fully saturated rings.